The van der Waals surface area contributed by atoms with Gasteiger partial charge in [-0.25, -0.2) is 8.42 Å². The Morgan fingerprint density at radius 1 is 0.973 bits per heavy atom. The number of methoxy groups -OCH3 is 2. The van der Waals surface area contributed by atoms with Gasteiger partial charge in [0, 0.05) is 24.1 Å². The predicted molar refractivity (Wildman–Crippen MR) is 151 cm³/mol. The van der Waals surface area contributed by atoms with Crippen molar-refractivity contribution in [1.82, 2.24) is 5.32 Å². The molecule has 0 aliphatic rings. The molecule has 3 aromatic carbocycles. The lowest BCUT2D eigenvalue weighted by molar-refractivity contribution is -0.119. The smallest absolute Gasteiger partial charge is 0.264 e. The number of hydrogen-bond donors (Lipinski definition) is 1. The zero-order valence-corrected chi connectivity index (χ0v) is 23.8. The van der Waals surface area contributed by atoms with Crippen molar-refractivity contribution in [2.24, 2.45) is 0 Å². The van der Waals surface area contributed by atoms with Gasteiger partial charge in [-0.2, -0.15) is 11.8 Å². The lowest BCUT2D eigenvalue weighted by Gasteiger charge is -2.26. The SMILES string of the molecule is COc1ccc(OC)c(N(CC(=O)NCCSCc2ccc(Cl)c(Cl)c2)S(=O)(=O)c2ccc(C)cc2)c1. The highest BCUT2D eigenvalue weighted by Crippen LogP contribution is 2.35. The summed E-state index contributed by atoms with van der Waals surface area (Å²) >= 11 is 13.6. The van der Waals surface area contributed by atoms with E-state index in [1.54, 1.807) is 42.1 Å². The van der Waals surface area contributed by atoms with E-state index < -0.39 is 22.5 Å². The fourth-order valence-corrected chi connectivity index (χ4v) is 5.95. The zero-order chi connectivity index (χ0) is 27.0. The van der Waals surface area contributed by atoms with Crippen molar-refractivity contribution in [2.75, 3.05) is 37.4 Å². The van der Waals surface area contributed by atoms with Gasteiger partial charge in [0.2, 0.25) is 5.91 Å². The molecule has 0 bridgehead atoms. The average molecular weight is 584 g/mol. The molecule has 0 saturated heterocycles. The molecule has 11 heteroatoms. The summed E-state index contributed by atoms with van der Waals surface area (Å²) < 4.78 is 39.1. The largest absolute Gasteiger partial charge is 0.497 e. The number of aryl methyl sites for hydroxylation is 1. The molecule has 0 atom stereocenters. The Labute approximate surface area is 232 Å². The summed E-state index contributed by atoms with van der Waals surface area (Å²) in [5.74, 6) is 1.59. The minimum Gasteiger partial charge on any atom is -0.497 e. The summed E-state index contributed by atoms with van der Waals surface area (Å²) in [6.45, 7) is 1.79. The number of sulfonamides is 1. The van der Waals surface area contributed by atoms with Crippen LogP contribution < -0.4 is 19.1 Å². The van der Waals surface area contributed by atoms with Gasteiger partial charge in [-0.05, 0) is 48.9 Å². The quantitative estimate of drug-likeness (QED) is 0.281. The average Bonchev–Trinajstić information content (AvgIpc) is 2.88. The van der Waals surface area contributed by atoms with Crippen LogP contribution in [0.25, 0.3) is 0 Å². The Balaban J connectivity index is 1.74. The second-order valence-electron chi connectivity index (χ2n) is 8.01. The molecule has 1 amide bonds. The molecule has 1 N–H and O–H groups in total. The molecule has 198 valence electrons. The maximum Gasteiger partial charge on any atom is 0.264 e. The van der Waals surface area contributed by atoms with Crippen molar-refractivity contribution in [3.8, 4) is 11.5 Å². The Morgan fingerprint density at radius 2 is 1.70 bits per heavy atom. The third-order valence-corrected chi connectivity index (χ3v) is 8.92. The molecule has 7 nitrogen and oxygen atoms in total. The Hall–Kier alpha value is -2.59. The van der Waals surface area contributed by atoms with Crippen molar-refractivity contribution in [3.05, 3.63) is 81.8 Å². The molecule has 0 fully saturated rings. The number of carbonyl (C=O) groups is 1. The van der Waals surface area contributed by atoms with E-state index in [0.29, 0.717) is 39.6 Å². The fraction of sp³-hybridized carbons (Fsp3) is 0.269. The molecule has 37 heavy (non-hydrogen) atoms. The van der Waals surface area contributed by atoms with E-state index in [-0.39, 0.29) is 10.6 Å². The van der Waals surface area contributed by atoms with Gasteiger partial charge in [0.05, 0.1) is 34.8 Å². The summed E-state index contributed by atoms with van der Waals surface area (Å²) in [5, 5.41) is 3.80. The first-order chi connectivity index (χ1) is 17.6. The van der Waals surface area contributed by atoms with Gasteiger partial charge in [0.15, 0.2) is 0 Å². The normalized spacial score (nSPS) is 11.2. The molecular weight excluding hydrogens is 555 g/mol. The molecule has 0 radical (unpaired) electrons. The number of benzene rings is 3. The second-order valence-corrected chi connectivity index (χ2v) is 11.8. The number of nitrogens with zero attached hydrogens (tertiary/aromatic N) is 1. The number of anilines is 1. The van der Waals surface area contributed by atoms with Gasteiger partial charge < -0.3 is 14.8 Å². The van der Waals surface area contributed by atoms with Crippen LogP contribution in [0.5, 0.6) is 11.5 Å². The van der Waals surface area contributed by atoms with Crippen LogP contribution in [-0.2, 0) is 20.6 Å². The van der Waals surface area contributed by atoms with E-state index in [0.717, 1.165) is 15.4 Å². The molecule has 0 aliphatic carbocycles. The van der Waals surface area contributed by atoms with E-state index in [1.807, 2.05) is 19.1 Å². The highest BCUT2D eigenvalue weighted by molar-refractivity contribution is 7.98. The summed E-state index contributed by atoms with van der Waals surface area (Å²) in [4.78, 5) is 13.0. The molecular formula is C26H28Cl2N2O5S2. The maximum absolute atomic E-state index is 13.7. The van der Waals surface area contributed by atoms with Gasteiger partial charge >= 0.3 is 0 Å². The number of nitrogens with one attached hydrogen (secondary N) is 1. The second kappa shape index (κ2) is 13.3. The molecule has 0 unspecified atom stereocenters. The molecule has 0 aliphatic heterocycles. The van der Waals surface area contributed by atoms with Crippen LogP contribution >= 0.6 is 35.0 Å². The summed E-state index contributed by atoms with van der Waals surface area (Å²) in [7, 11) is -1.18. The van der Waals surface area contributed by atoms with Gasteiger partial charge in [0.1, 0.15) is 18.0 Å². The van der Waals surface area contributed by atoms with E-state index in [2.05, 4.69) is 5.32 Å². The molecule has 0 saturated carbocycles. The molecule has 0 spiro atoms. The highest BCUT2D eigenvalue weighted by atomic mass is 35.5. The monoisotopic (exact) mass is 582 g/mol. The van der Waals surface area contributed by atoms with E-state index in [1.165, 1.54) is 32.4 Å². The number of thioether (sulfide) groups is 1. The third kappa shape index (κ3) is 7.70. The lowest BCUT2D eigenvalue weighted by atomic mass is 10.2. The number of hydrogen-bond acceptors (Lipinski definition) is 6. The van der Waals surface area contributed by atoms with Gasteiger partial charge in [-0.15, -0.1) is 0 Å². The van der Waals surface area contributed by atoms with E-state index >= 15 is 0 Å². The van der Waals surface area contributed by atoms with Crippen molar-refractivity contribution in [1.29, 1.82) is 0 Å². The minimum absolute atomic E-state index is 0.0629. The highest BCUT2D eigenvalue weighted by Gasteiger charge is 2.30. The molecule has 3 aromatic rings. The standard InChI is InChI=1S/C26H28Cl2N2O5S2/c1-18-4-8-21(9-5-18)37(32,33)30(24-15-20(34-2)7-11-25(24)35-3)16-26(31)29-12-13-36-17-19-6-10-22(27)23(28)14-19/h4-11,14-15H,12-13,16-17H2,1-3H3,(H,29,31). The number of halogens is 2. The summed E-state index contributed by atoms with van der Waals surface area (Å²) in [6, 6.07) is 16.7. The van der Waals surface area contributed by atoms with Crippen LogP contribution in [0.2, 0.25) is 10.0 Å². The summed E-state index contributed by atoms with van der Waals surface area (Å²) in [5.41, 5.74) is 2.14. The van der Waals surface area contributed by atoms with Crippen LogP contribution in [0.15, 0.2) is 65.6 Å². The van der Waals surface area contributed by atoms with Gasteiger partial charge in [0.25, 0.3) is 10.0 Å². The Morgan fingerprint density at radius 3 is 2.35 bits per heavy atom. The van der Waals surface area contributed by atoms with E-state index in [9.17, 15) is 13.2 Å². The molecule has 3 rings (SSSR count). The molecule has 0 heterocycles. The number of amides is 1. The minimum atomic E-state index is -4.09. The number of rotatable bonds is 12. The lowest BCUT2D eigenvalue weighted by Crippen LogP contribution is -2.41. The fourth-order valence-electron chi connectivity index (χ4n) is 3.40. The van der Waals surface area contributed by atoms with Crippen LogP contribution in [0, 0.1) is 6.92 Å². The van der Waals surface area contributed by atoms with Crippen LogP contribution in [0.4, 0.5) is 5.69 Å². The number of ether oxygens (including phenoxy) is 2. The first-order valence-corrected chi connectivity index (χ1v) is 14.6. The van der Waals surface area contributed by atoms with Crippen LogP contribution in [0.1, 0.15) is 11.1 Å². The topological polar surface area (TPSA) is 84.9 Å². The zero-order valence-electron chi connectivity index (χ0n) is 20.7. The van der Waals surface area contributed by atoms with E-state index in [4.69, 9.17) is 32.7 Å². The predicted octanol–water partition coefficient (Wildman–Crippen LogP) is 5.56. The van der Waals surface area contributed by atoms with Crippen molar-refractivity contribution >= 4 is 56.6 Å². The third-order valence-electron chi connectivity index (χ3n) is 5.37. The van der Waals surface area contributed by atoms with Crippen molar-refractivity contribution in [2.45, 2.75) is 17.6 Å². The van der Waals surface area contributed by atoms with Crippen LogP contribution in [-0.4, -0.2) is 47.4 Å². The Kier molecular flexibility index (Phi) is 10.4. The first-order valence-electron chi connectivity index (χ1n) is 11.3. The van der Waals surface area contributed by atoms with Gasteiger partial charge in [-0.1, -0.05) is 47.0 Å². The van der Waals surface area contributed by atoms with Crippen molar-refractivity contribution < 1.29 is 22.7 Å². The van der Waals surface area contributed by atoms with Crippen molar-refractivity contribution in [3.63, 3.8) is 0 Å². The molecule has 0 aromatic heterocycles. The maximum atomic E-state index is 13.7. The number of carbonyl (C=O) groups excluding carboxylic acids is 1. The first kappa shape index (κ1) is 29.0. The summed E-state index contributed by atoms with van der Waals surface area (Å²) in [6.07, 6.45) is 0. The van der Waals surface area contributed by atoms with Gasteiger partial charge in [-0.3, -0.25) is 9.10 Å². The Bertz CT molecular complexity index is 1340. The van der Waals surface area contributed by atoms with Crippen LogP contribution in [0.3, 0.4) is 0 Å².